The maximum absolute atomic E-state index is 5.41. The second kappa shape index (κ2) is 15.4. The molecule has 0 atom stereocenters. The smallest absolute Gasteiger partial charge is 0.160 e. The molecule has 0 spiro atoms. The van der Waals surface area contributed by atoms with Gasteiger partial charge < -0.3 is 0 Å². The van der Waals surface area contributed by atoms with Crippen molar-refractivity contribution in [1.29, 1.82) is 0 Å². The van der Waals surface area contributed by atoms with Crippen molar-refractivity contribution < 1.29 is 0 Å². The molecule has 4 nitrogen and oxygen atoms in total. The minimum absolute atomic E-state index is 0.658. The van der Waals surface area contributed by atoms with E-state index < -0.39 is 0 Å². The Morgan fingerprint density at radius 3 is 1.19 bits per heavy atom. The molecule has 0 amide bonds. The third-order valence-corrected chi connectivity index (χ3v) is 10.7. The Morgan fingerprint density at radius 1 is 0.276 bits per heavy atom. The lowest BCUT2D eigenvalue weighted by Crippen LogP contribution is -1.98. The fraction of sp³-hybridized carbons (Fsp3) is 0. The van der Waals surface area contributed by atoms with Gasteiger partial charge in [-0.25, -0.2) is 9.97 Å². The number of hydrogen-bond acceptors (Lipinski definition) is 4. The van der Waals surface area contributed by atoms with E-state index in [-0.39, 0.29) is 0 Å². The van der Waals surface area contributed by atoms with Crippen LogP contribution < -0.4 is 0 Å². The number of hydrogen-bond donors (Lipinski definition) is 0. The molecule has 0 aliphatic heterocycles. The van der Waals surface area contributed by atoms with Crippen LogP contribution in [0, 0.1) is 0 Å². The van der Waals surface area contributed by atoms with Gasteiger partial charge in [-0.2, -0.15) is 0 Å². The Balaban J connectivity index is 1.18. The van der Waals surface area contributed by atoms with Crippen LogP contribution >= 0.6 is 0 Å². The first-order valence-electron chi connectivity index (χ1n) is 19.4. The molecule has 10 aromatic rings. The van der Waals surface area contributed by atoms with E-state index in [1.54, 1.807) is 0 Å². The van der Waals surface area contributed by atoms with E-state index in [1.165, 1.54) is 22.3 Å². The number of benzene rings is 7. The molecule has 7 aromatic carbocycles. The molecule has 10 rings (SSSR count). The summed E-state index contributed by atoms with van der Waals surface area (Å²) in [5, 5.41) is 0.978. The lowest BCUT2D eigenvalue weighted by atomic mass is 9.92. The lowest BCUT2D eigenvalue weighted by molar-refractivity contribution is 1.23. The van der Waals surface area contributed by atoms with Gasteiger partial charge in [0.05, 0.1) is 22.6 Å². The summed E-state index contributed by atoms with van der Waals surface area (Å²) < 4.78 is 0. The van der Waals surface area contributed by atoms with Crippen molar-refractivity contribution in [3.63, 3.8) is 0 Å². The SMILES string of the molecule is c1ccc(-c2ccc(-c3cc(-c4ccc(-c5ccccc5)cc4)c4nc(-c5ccc(-c6ccccn6)cc5)nc(-c5ccc(-c6ccccn6)cc5)c4c3)cc2)cc1. The van der Waals surface area contributed by atoms with Crippen molar-refractivity contribution in [2.45, 2.75) is 0 Å². The van der Waals surface area contributed by atoms with Gasteiger partial charge in [0, 0.05) is 45.6 Å². The summed E-state index contributed by atoms with van der Waals surface area (Å²) in [5.74, 6) is 0.658. The van der Waals surface area contributed by atoms with Crippen LogP contribution in [0.2, 0.25) is 0 Å². The summed E-state index contributed by atoms with van der Waals surface area (Å²) in [6.45, 7) is 0. The molecule has 0 unspecified atom stereocenters. The fourth-order valence-electron chi connectivity index (χ4n) is 7.58. The first-order chi connectivity index (χ1) is 28.7. The van der Waals surface area contributed by atoms with E-state index >= 15 is 0 Å². The first kappa shape index (κ1) is 34.7. The van der Waals surface area contributed by atoms with Gasteiger partial charge in [-0.05, 0) is 75.3 Å². The molecular formula is C54H36N4. The normalized spacial score (nSPS) is 11.1. The van der Waals surface area contributed by atoms with Crippen LogP contribution in [0.5, 0.6) is 0 Å². The van der Waals surface area contributed by atoms with E-state index in [2.05, 4.69) is 180 Å². The van der Waals surface area contributed by atoms with Gasteiger partial charge in [0.15, 0.2) is 5.82 Å². The highest BCUT2D eigenvalue weighted by molar-refractivity contribution is 6.04. The first-order valence-corrected chi connectivity index (χ1v) is 19.4. The molecular weight excluding hydrogens is 705 g/mol. The van der Waals surface area contributed by atoms with Gasteiger partial charge in [-0.15, -0.1) is 0 Å². The van der Waals surface area contributed by atoms with Gasteiger partial charge in [-0.3, -0.25) is 9.97 Å². The Hall–Kier alpha value is -7.82. The Bertz CT molecular complexity index is 2760. The highest BCUT2D eigenvalue weighted by atomic mass is 14.9. The quantitative estimate of drug-likeness (QED) is 0.156. The van der Waals surface area contributed by atoms with E-state index in [4.69, 9.17) is 9.97 Å². The van der Waals surface area contributed by atoms with Crippen LogP contribution in [0.1, 0.15) is 0 Å². The number of pyridine rings is 2. The molecule has 0 saturated carbocycles. The maximum Gasteiger partial charge on any atom is 0.160 e. The summed E-state index contributed by atoms with van der Waals surface area (Å²) in [7, 11) is 0. The highest BCUT2D eigenvalue weighted by Crippen LogP contribution is 2.40. The Morgan fingerprint density at radius 2 is 0.690 bits per heavy atom. The maximum atomic E-state index is 5.41. The molecule has 0 saturated heterocycles. The summed E-state index contributed by atoms with van der Waals surface area (Å²) in [6, 6.07) is 72.1. The molecule has 3 aromatic heterocycles. The van der Waals surface area contributed by atoms with Crippen molar-refractivity contribution in [2.75, 3.05) is 0 Å². The predicted octanol–water partition coefficient (Wildman–Crippen LogP) is 13.8. The van der Waals surface area contributed by atoms with Gasteiger partial charge in [-0.1, -0.05) is 170 Å². The van der Waals surface area contributed by atoms with Crippen LogP contribution in [0.4, 0.5) is 0 Å². The second-order valence-electron chi connectivity index (χ2n) is 14.3. The van der Waals surface area contributed by atoms with Crippen LogP contribution in [0.3, 0.4) is 0 Å². The van der Waals surface area contributed by atoms with Crippen molar-refractivity contribution >= 4 is 10.9 Å². The van der Waals surface area contributed by atoms with Crippen LogP contribution in [0.25, 0.3) is 101 Å². The standard InChI is InChI=1S/C54H36N4/c1-3-11-37(12-4-1)39-17-19-41(20-18-39)47-35-48(42-23-21-40(22-24-42)38-13-5-2-6-14-38)53-49(36-47)52(45-29-25-43(26-30-45)50-15-7-9-33-55-50)57-54(58-53)46-31-27-44(28-32-46)51-16-8-10-34-56-51/h1-36H. The third-order valence-electron chi connectivity index (χ3n) is 10.7. The van der Waals surface area contributed by atoms with E-state index in [9.17, 15) is 0 Å². The average molecular weight is 741 g/mol. The largest absolute Gasteiger partial charge is 0.256 e. The molecule has 4 heteroatoms. The fourth-order valence-corrected chi connectivity index (χ4v) is 7.58. The number of aromatic nitrogens is 4. The molecule has 58 heavy (non-hydrogen) atoms. The van der Waals surface area contributed by atoms with Gasteiger partial charge >= 0.3 is 0 Å². The third kappa shape index (κ3) is 6.95. The minimum Gasteiger partial charge on any atom is -0.256 e. The zero-order chi connectivity index (χ0) is 38.7. The number of nitrogens with zero attached hydrogens (tertiary/aromatic N) is 4. The number of rotatable bonds is 8. The summed E-state index contributed by atoms with van der Waals surface area (Å²) >= 11 is 0. The molecule has 0 bridgehead atoms. The van der Waals surface area contributed by atoms with Crippen molar-refractivity contribution in [3.05, 3.63) is 219 Å². The van der Waals surface area contributed by atoms with E-state index in [1.807, 2.05) is 48.8 Å². The van der Waals surface area contributed by atoms with Gasteiger partial charge in [0.25, 0.3) is 0 Å². The molecule has 0 N–H and O–H groups in total. The Labute approximate surface area is 337 Å². The second-order valence-corrected chi connectivity index (χ2v) is 14.3. The topological polar surface area (TPSA) is 51.6 Å². The van der Waals surface area contributed by atoms with Crippen LogP contribution in [-0.2, 0) is 0 Å². The summed E-state index contributed by atoms with van der Waals surface area (Å²) in [4.78, 5) is 19.9. The number of fused-ring (bicyclic) bond motifs is 1. The molecule has 0 aliphatic carbocycles. The van der Waals surface area contributed by atoms with Crippen molar-refractivity contribution in [2.24, 2.45) is 0 Å². The van der Waals surface area contributed by atoms with Gasteiger partial charge in [0.2, 0.25) is 0 Å². The van der Waals surface area contributed by atoms with Crippen LogP contribution in [0.15, 0.2) is 219 Å². The van der Waals surface area contributed by atoms with Crippen molar-refractivity contribution in [3.8, 4) is 89.7 Å². The zero-order valence-electron chi connectivity index (χ0n) is 31.6. The van der Waals surface area contributed by atoms with E-state index in [0.717, 1.165) is 72.5 Å². The van der Waals surface area contributed by atoms with Crippen LogP contribution in [-0.4, -0.2) is 19.9 Å². The Kier molecular flexibility index (Phi) is 9.18. The predicted molar refractivity (Wildman–Crippen MR) is 239 cm³/mol. The van der Waals surface area contributed by atoms with Crippen molar-refractivity contribution in [1.82, 2.24) is 19.9 Å². The summed E-state index contributed by atoms with van der Waals surface area (Å²) in [6.07, 6.45) is 3.65. The summed E-state index contributed by atoms with van der Waals surface area (Å²) in [5.41, 5.74) is 16.7. The minimum atomic E-state index is 0.658. The average Bonchev–Trinajstić information content (AvgIpc) is 3.32. The molecule has 3 heterocycles. The highest BCUT2D eigenvalue weighted by Gasteiger charge is 2.18. The molecule has 0 aliphatic rings. The zero-order valence-corrected chi connectivity index (χ0v) is 31.6. The lowest BCUT2D eigenvalue weighted by Gasteiger charge is -2.16. The van der Waals surface area contributed by atoms with E-state index in [0.29, 0.717) is 5.82 Å². The molecule has 0 radical (unpaired) electrons. The van der Waals surface area contributed by atoms with Gasteiger partial charge in [0.1, 0.15) is 0 Å². The monoisotopic (exact) mass is 740 g/mol. The molecule has 272 valence electrons. The molecule has 0 fully saturated rings.